The lowest BCUT2D eigenvalue weighted by Gasteiger charge is -2.08. The summed E-state index contributed by atoms with van der Waals surface area (Å²) in [6.45, 7) is 0. The first-order valence-corrected chi connectivity index (χ1v) is 6.71. The van der Waals surface area contributed by atoms with Crippen molar-refractivity contribution in [3.63, 3.8) is 0 Å². The fourth-order valence-corrected chi connectivity index (χ4v) is 2.32. The smallest absolute Gasteiger partial charge is 0.230 e. The van der Waals surface area contributed by atoms with E-state index in [2.05, 4.69) is 10.3 Å². The van der Waals surface area contributed by atoms with Gasteiger partial charge in [-0.2, -0.15) is 0 Å². The van der Waals surface area contributed by atoms with Crippen molar-refractivity contribution < 1.29 is 4.79 Å². The molecule has 1 amide bonds. The normalized spacial score (nSPS) is 10.5. The summed E-state index contributed by atoms with van der Waals surface area (Å²) in [5.74, 6) is 0.277. The van der Waals surface area contributed by atoms with Gasteiger partial charge in [-0.05, 0) is 28.5 Å². The summed E-state index contributed by atoms with van der Waals surface area (Å²) >= 11 is 0. The third-order valence-corrected chi connectivity index (χ3v) is 3.33. The van der Waals surface area contributed by atoms with Crippen LogP contribution in [0.4, 0.5) is 11.5 Å². The van der Waals surface area contributed by atoms with Gasteiger partial charge in [-0.15, -0.1) is 0 Å². The zero-order chi connectivity index (χ0) is 14.7. The molecule has 0 aliphatic heterocycles. The van der Waals surface area contributed by atoms with Gasteiger partial charge in [0.2, 0.25) is 5.91 Å². The number of benzene rings is 2. The molecule has 0 saturated carbocycles. The van der Waals surface area contributed by atoms with Gasteiger partial charge in [-0.25, -0.2) is 4.98 Å². The molecule has 0 bridgehead atoms. The van der Waals surface area contributed by atoms with Crippen LogP contribution in [-0.2, 0) is 11.2 Å². The standard InChI is InChI=1S/C17H15N3O/c18-15-9-4-10-19-17(15)20-16(21)11-13-7-3-6-12-5-1-2-8-14(12)13/h1-10H,11,18H2,(H,19,20,21). The second-order valence-electron chi connectivity index (χ2n) is 4.80. The highest BCUT2D eigenvalue weighted by atomic mass is 16.1. The number of aromatic nitrogens is 1. The van der Waals surface area contributed by atoms with Gasteiger partial charge in [0, 0.05) is 6.20 Å². The SMILES string of the molecule is Nc1cccnc1NC(=O)Cc1cccc2ccccc12. The van der Waals surface area contributed by atoms with Crippen molar-refractivity contribution in [2.24, 2.45) is 0 Å². The number of nitrogens with zero attached hydrogens (tertiary/aromatic N) is 1. The maximum absolute atomic E-state index is 12.2. The van der Waals surface area contributed by atoms with Crippen LogP contribution >= 0.6 is 0 Å². The Morgan fingerprint density at radius 1 is 1.05 bits per heavy atom. The Hall–Kier alpha value is -2.88. The molecule has 3 aromatic rings. The van der Waals surface area contributed by atoms with E-state index in [-0.39, 0.29) is 12.3 Å². The minimum Gasteiger partial charge on any atom is -0.396 e. The van der Waals surface area contributed by atoms with E-state index in [1.165, 1.54) is 0 Å². The number of hydrogen-bond acceptors (Lipinski definition) is 3. The van der Waals surface area contributed by atoms with E-state index in [9.17, 15) is 4.79 Å². The highest BCUT2D eigenvalue weighted by molar-refractivity contribution is 5.97. The Labute approximate surface area is 122 Å². The second kappa shape index (κ2) is 5.63. The number of nitrogens with one attached hydrogen (secondary N) is 1. The van der Waals surface area contributed by atoms with Gasteiger partial charge >= 0.3 is 0 Å². The lowest BCUT2D eigenvalue weighted by Crippen LogP contribution is -2.16. The summed E-state index contributed by atoms with van der Waals surface area (Å²) in [5.41, 5.74) is 7.22. The van der Waals surface area contributed by atoms with Crippen molar-refractivity contribution in [1.82, 2.24) is 4.98 Å². The van der Waals surface area contributed by atoms with Gasteiger partial charge in [-0.3, -0.25) is 4.79 Å². The molecule has 104 valence electrons. The summed E-state index contributed by atoms with van der Waals surface area (Å²) in [5, 5.41) is 4.96. The first kappa shape index (κ1) is 13.1. The molecule has 0 fully saturated rings. The highest BCUT2D eigenvalue weighted by Crippen LogP contribution is 2.20. The molecule has 0 spiro atoms. The lowest BCUT2D eigenvalue weighted by atomic mass is 10.0. The largest absolute Gasteiger partial charge is 0.396 e. The molecule has 0 radical (unpaired) electrons. The molecular formula is C17H15N3O. The monoisotopic (exact) mass is 277 g/mol. The quantitative estimate of drug-likeness (QED) is 0.773. The Morgan fingerprint density at radius 2 is 1.86 bits per heavy atom. The number of anilines is 2. The van der Waals surface area contributed by atoms with E-state index < -0.39 is 0 Å². The zero-order valence-corrected chi connectivity index (χ0v) is 11.4. The van der Waals surface area contributed by atoms with Crippen LogP contribution in [0.1, 0.15) is 5.56 Å². The summed E-state index contributed by atoms with van der Waals surface area (Å²) in [4.78, 5) is 16.2. The summed E-state index contributed by atoms with van der Waals surface area (Å²) in [6.07, 6.45) is 1.89. The van der Waals surface area contributed by atoms with Crippen LogP contribution in [0.25, 0.3) is 10.8 Å². The third kappa shape index (κ3) is 2.84. The van der Waals surface area contributed by atoms with Crippen molar-refractivity contribution in [1.29, 1.82) is 0 Å². The number of amides is 1. The van der Waals surface area contributed by atoms with Crippen LogP contribution < -0.4 is 11.1 Å². The number of carbonyl (C=O) groups is 1. The molecule has 3 rings (SSSR count). The molecule has 2 aromatic carbocycles. The Morgan fingerprint density at radius 3 is 2.71 bits per heavy atom. The van der Waals surface area contributed by atoms with Crippen LogP contribution in [0.3, 0.4) is 0 Å². The molecule has 0 aliphatic rings. The molecule has 21 heavy (non-hydrogen) atoms. The zero-order valence-electron chi connectivity index (χ0n) is 11.4. The number of hydrogen-bond donors (Lipinski definition) is 2. The van der Waals surface area contributed by atoms with Gasteiger partial charge in [0.15, 0.2) is 5.82 Å². The second-order valence-corrected chi connectivity index (χ2v) is 4.80. The van der Waals surface area contributed by atoms with Crippen molar-refractivity contribution in [2.45, 2.75) is 6.42 Å². The Balaban J connectivity index is 1.82. The van der Waals surface area contributed by atoms with E-state index in [0.29, 0.717) is 11.5 Å². The molecular weight excluding hydrogens is 262 g/mol. The molecule has 0 saturated heterocycles. The number of fused-ring (bicyclic) bond motifs is 1. The number of pyridine rings is 1. The maximum Gasteiger partial charge on any atom is 0.230 e. The molecule has 3 N–H and O–H groups in total. The minimum atomic E-state index is -0.128. The van der Waals surface area contributed by atoms with Crippen molar-refractivity contribution in [3.05, 3.63) is 66.4 Å². The third-order valence-electron chi connectivity index (χ3n) is 3.33. The van der Waals surface area contributed by atoms with Gasteiger partial charge < -0.3 is 11.1 Å². The van der Waals surface area contributed by atoms with Crippen LogP contribution in [0.2, 0.25) is 0 Å². The van der Waals surface area contributed by atoms with Crippen LogP contribution in [0.15, 0.2) is 60.8 Å². The molecule has 4 nitrogen and oxygen atoms in total. The summed E-state index contributed by atoms with van der Waals surface area (Å²) in [7, 11) is 0. The first-order valence-electron chi connectivity index (χ1n) is 6.71. The predicted molar refractivity (Wildman–Crippen MR) is 84.9 cm³/mol. The summed E-state index contributed by atoms with van der Waals surface area (Å²) in [6, 6.07) is 17.4. The number of carbonyl (C=O) groups excluding carboxylic acids is 1. The van der Waals surface area contributed by atoms with Crippen molar-refractivity contribution >= 4 is 28.2 Å². The van der Waals surface area contributed by atoms with E-state index in [1.54, 1.807) is 18.3 Å². The molecule has 1 heterocycles. The topological polar surface area (TPSA) is 68.0 Å². The summed E-state index contributed by atoms with van der Waals surface area (Å²) < 4.78 is 0. The van der Waals surface area contributed by atoms with Gasteiger partial charge in [0.05, 0.1) is 12.1 Å². The molecule has 1 aromatic heterocycles. The fraction of sp³-hybridized carbons (Fsp3) is 0.0588. The Bertz CT molecular complexity index is 793. The average Bonchev–Trinajstić information content (AvgIpc) is 2.50. The van der Waals surface area contributed by atoms with E-state index in [1.807, 2.05) is 42.5 Å². The Kier molecular flexibility index (Phi) is 3.51. The average molecular weight is 277 g/mol. The molecule has 0 atom stereocenters. The number of nitrogen functional groups attached to an aromatic ring is 1. The maximum atomic E-state index is 12.2. The predicted octanol–water partition coefficient (Wildman–Crippen LogP) is 3.00. The highest BCUT2D eigenvalue weighted by Gasteiger charge is 2.09. The van der Waals surface area contributed by atoms with Crippen molar-refractivity contribution in [2.75, 3.05) is 11.1 Å². The number of nitrogens with two attached hydrogens (primary N) is 1. The van der Waals surface area contributed by atoms with Gasteiger partial charge in [0.25, 0.3) is 0 Å². The van der Waals surface area contributed by atoms with Crippen molar-refractivity contribution in [3.8, 4) is 0 Å². The molecule has 4 heteroatoms. The molecule has 0 aliphatic carbocycles. The first-order chi connectivity index (χ1) is 10.2. The van der Waals surface area contributed by atoms with Crippen LogP contribution in [0, 0.1) is 0 Å². The van der Waals surface area contributed by atoms with E-state index in [0.717, 1.165) is 16.3 Å². The van der Waals surface area contributed by atoms with Crippen LogP contribution in [0.5, 0.6) is 0 Å². The lowest BCUT2D eigenvalue weighted by molar-refractivity contribution is -0.115. The fourth-order valence-electron chi connectivity index (χ4n) is 2.32. The van der Waals surface area contributed by atoms with Gasteiger partial charge in [-0.1, -0.05) is 42.5 Å². The van der Waals surface area contributed by atoms with E-state index >= 15 is 0 Å². The minimum absolute atomic E-state index is 0.128. The molecule has 0 unspecified atom stereocenters. The number of rotatable bonds is 3. The van der Waals surface area contributed by atoms with Crippen LogP contribution in [-0.4, -0.2) is 10.9 Å². The van der Waals surface area contributed by atoms with E-state index in [4.69, 9.17) is 5.73 Å². The van der Waals surface area contributed by atoms with Gasteiger partial charge in [0.1, 0.15) is 0 Å².